The molecule has 0 saturated heterocycles. The maximum absolute atomic E-state index is 10.8. The Morgan fingerprint density at radius 3 is 2.36 bits per heavy atom. The lowest BCUT2D eigenvalue weighted by atomic mass is 9.91. The molecule has 1 aliphatic carbocycles. The summed E-state index contributed by atoms with van der Waals surface area (Å²) >= 11 is 0. The second-order valence-corrected chi connectivity index (χ2v) is 8.44. The van der Waals surface area contributed by atoms with Crippen molar-refractivity contribution in [1.29, 1.82) is 0 Å². The van der Waals surface area contributed by atoms with Gasteiger partial charge in [-0.1, -0.05) is 46.0 Å². The van der Waals surface area contributed by atoms with Crippen molar-refractivity contribution in [3.05, 3.63) is 30.4 Å². The van der Waals surface area contributed by atoms with Gasteiger partial charge in [0.2, 0.25) is 12.4 Å². The summed E-state index contributed by atoms with van der Waals surface area (Å²) in [5, 5.41) is 4.11. The Morgan fingerprint density at radius 1 is 1.18 bits per heavy atom. The second-order valence-electron chi connectivity index (χ2n) is 8.44. The van der Waals surface area contributed by atoms with Crippen molar-refractivity contribution in [2.24, 2.45) is 10.9 Å². The Balaban J connectivity index is 0.000000264. The zero-order valence-corrected chi connectivity index (χ0v) is 20.2. The molecule has 0 bridgehead atoms. The minimum atomic E-state index is -2.12. The fourth-order valence-corrected chi connectivity index (χ4v) is 3.36. The minimum Gasteiger partial charge on any atom is -0.367 e. The lowest BCUT2D eigenvalue weighted by Crippen LogP contribution is -1.99. The Morgan fingerprint density at radius 2 is 1.85 bits per heavy atom. The van der Waals surface area contributed by atoms with Gasteiger partial charge in [0.1, 0.15) is 0 Å². The van der Waals surface area contributed by atoms with Crippen LogP contribution in [-0.2, 0) is 0 Å². The van der Waals surface area contributed by atoms with Crippen LogP contribution in [0, 0.1) is 12.8 Å². The van der Waals surface area contributed by atoms with Crippen LogP contribution in [0.5, 0.6) is 0 Å². The molecule has 0 spiro atoms. The van der Waals surface area contributed by atoms with Crippen LogP contribution in [0.1, 0.15) is 71.9 Å². The van der Waals surface area contributed by atoms with Crippen LogP contribution in [0.15, 0.2) is 29.6 Å². The number of hydrogen-bond donors (Lipinski definition) is 1. The molecule has 0 aliphatic heterocycles. The molecule has 1 aliphatic rings. The Bertz CT molecular complexity index is 1040. The summed E-state index contributed by atoms with van der Waals surface area (Å²) in [6.07, 6.45) is 10.5. The lowest BCUT2D eigenvalue weighted by Gasteiger charge is -2.15. The lowest BCUT2D eigenvalue weighted by molar-refractivity contribution is 0.144. The van der Waals surface area contributed by atoms with Crippen molar-refractivity contribution in [2.75, 3.05) is 5.73 Å². The van der Waals surface area contributed by atoms with Crippen LogP contribution in [0.3, 0.4) is 0 Å². The average Bonchev–Trinajstić information content (AvgIpc) is 3.19. The largest absolute Gasteiger partial charge is 0.367 e. The number of nitrogen functional groups attached to an aromatic ring is 1. The highest BCUT2D eigenvalue weighted by molar-refractivity contribution is 5.82. The number of aliphatic imine (C=N–C) groups is 1. The predicted octanol–water partition coefficient (Wildman–Crippen LogP) is 6.44. The van der Waals surface area contributed by atoms with Gasteiger partial charge in [0.05, 0.1) is 29.3 Å². The topological polar surface area (TPSA) is 94.3 Å². The highest BCUT2D eigenvalue weighted by atomic mass is 19.3. The molecule has 0 amide bonds. The quantitative estimate of drug-likeness (QED) is 0.455. The molecule has 4 rings (SSSR count). The zero-order valence-electron chi connectivity index (χ0n) is 20.2. The number of anilines is 1. The molecule has 3 aromatic rings. The summed E-state index contributed by atoms with van der Waals surface area (Å²) in [6.45, 7) is 9.56. The number of aryl methyl sites for hydroxylation is 1. The first-order valence-electron chi connectivity index (χ1n) is 11.4. The van der Waals surface area contributed by atoms with E-state index in [0.717, 1.165) is 34.1 Å². The van der Waals surface area contributed by atoms with E-state index in [1.165, 1.54) is 39.0 Å². The molecule has 9 heteroatoms. The second kappa shape index (κ2) is 12.9. The first-order chi connectivity index (χ1) is 15.7. The van der Waals surface area contributed by atoms with Gasteiger partial charge in [-0.05, 0) is 32.8 Å². The van der Waals surface area contributed by atoms with E-state index < -0.39 is 6.43 Å². The van der Waals surface area contributed by atoms with E-state index in [4.69, 9.17) is 5.73 Å². The molecule has 1 saturated carbocycles. The van der Waals surface area contributed by atoms with Gasteiger partial charge in [0.25, 0.3) is 0 Å². The maximum Gasteiger partial charge on any atom is 0.238 e. The smallest absolute Gasteiger partial charge is 0.238 e. The first kappa shape index (κ1) is 26.3. The number of fused-ring (bicyclic) bond motifs is 1. The normalized spacial score (nSPS) is 13.7. The van der Waals surface area contributed by atoms with Crippen LogP contribution in [0.2, 0.25) is 0 Å². The Kier molecular flexibility index (Phi) is 10.3. The van der Waals surface area contributed by atoms with Crippen molar-refractivity contribution in [2.45, 2.75) is 79.6 Å². The molecular weight excluding hydrogens is 424 g/mol. The summed E-state index contributed by atoms with van der Waals surface area (Å²) in [6, 6.07) is 1.92. The van der Waals surface area contributed by atoms with Gasteiger partial charge in [0.15, 0.2) is 5.82 Å². The summed E-state index contributed by atoms with van der Waals surface area (Å²) < 4.78 is 23.2. The van der Waals surface area contributed by atoms with Crippen molar-refractivity contribution < 1.29 is 8.78 Å². The third-order valence-electron chi connectivity index (χ3n) is 5.16. The summed E-state index contributed by atoms with van der Waals surface area (Å²) in [7, 11) is 0. The fraction of sp³-hybridized carbons (Fsp3) is 0.542. The monoisotopic (exact) mass is 459 g/mol. The van der Waals surface area contributed by atoms with E-state index in [-0.39, 0.29) is 12.4 Å². The Labute approximate surface area is 194 Å². The van der Waals surface area contributed by atoms with Crippen molar-refractivity contribution in [3.63, 3.8) is 0 Å². The van der Waals surface area contributed by atoms with Crippen molar-refractivity contribution >= 4 is 23.0 Å². The number of nitrogens with zero attached hydrogens (tertiary/aromatic N) is 6. The van der Waals surface area contributed by atoms with E-state index in [9.17, 15) is 8.78 Å². The van der Waals surface area contributed by atoms with Crippen molar-refractivity contribution in [3.8, 4) is 11.3 Å². The molecule has 7 nitrogen and oxygen atoms in total. The molecule has 180 valence electrons. The molecule has 0 atom stereocenters. The summed E-state index contributed by atoms with van der Waals surface area (Å²) in [5.74, 6) is 1.91. The van der Waals surface area contributed by atoms with Crippen LogP contribution >= 0.6 is 0 Å². The van der Waals surface area contributed by atoms with Gasteiger partial charge < -0.3 is 5.73 Å². The highest BCUT2D eigenvalue weighted by Crippen LogP contribution is 2.25. The molecule has 2 N–H and O–H groups in total. The fourth-order valence-electron chi connectivity index (χ4n) is 3.36. The van der Waals surface area contributed by atoms with E-state index in [1.807, 2.05) is 33.0 Å². The number of alkyl halides is 2. The van der Waals surface area contributed by atoms with E-state index in [2.05, 4.69) is 32.0 Å². The number of rotatable bonds is 3. The highest BCUT2D eigenvalue weighted by Gasteiger charge is 2.10. The third-order valence-corrected chi connectivity index (χ3v) is 5.16. The van der Waals surface area contributed by atoms with Gasteiger partial charge in [-0.15, -0.1) is 5.10 Å². The van der Waals surface area contributed by atoms with Gasteiger partial charge in [-0.3, -0.25) is 0 Å². The average molecular weight is 460 g/mol. The van der Waals surface area contributed by atoms with E-state index in [1.54, 1.807) is 16.9 Å². The van der Waals surface area contributed by atoms with Gasteiger partial charge >= 0.3 is 0 Å². The van der Waals surface area contributed by atoms with Gasteiger partial charge in [-0.25, -0.2) is 33.2 Å². The number of hydrogen-bond acceptors (Lipinski definition) is 6. The third kappa shape index (κ3) is 8.47. The molecule has 0 radical (unpaired) electrons. The minimum absolute atomic E-state index is 0.0278. The van der Waals surface area contributed by atoms with Crippen LogP contribution in [0.25, 0.3) is 16.8 Å². The number of halogens is 2. The number of nitrogens with two attached hydrogens (primary N) is 1. The first-order valence-corrected chi connectivity index (χ1v) is 11.4. The van der Waals surface area contributed by atoms with Gasteiger partial charge in [-0.2, -0.15) is 0 Å². The molecule has 0 aromatic carbocycles. The predicted molar refractivity (Wildman–Crippen MR) is 130 cm³/mol. The number of aromatic nitrogens is 5. The van der Waals surface area contributed by atoms with E-state index in [0.29, 0.717) is 5.82 Å². The van der Waals surface area contributed by atoms with E-state index >= 15 is 0 Å². The SMILES string of the molecule is CC(C)=Nc1ncc(-c2ccn3nc(N)ncc23)nc1C.CC1CCCCC1.CCC(F)F. The van der Waals surface area contributed by atoms with Crippen molar-refractivity contribution in [1.82, 2.24) is 24.6 Å². The molecule has 33 heavy (non-hydrogen) atoms. The zero-order chi connectivity index (χ0) is 24.4. The van der Waals surface area contributed by atoms with Gasteiger partial charge in [0, 0.05) is 23.9 Å². The molecular formula is C24H35F2N7. The van der Waals surface area contributed by atoms with Crippen LogP contribution in [0.4, 0.5) is 20.5 Å². The Hall–Kier alpha value is -2.97. The molecule has 3 aromatic heterocycles. The maximum atomic E-state index is 10.8. The summed E-state index contributed by atoms with van der Waals surface area (Å²) in [4.78, 5) is 17.3. The van der Waals surface area contributed by atoms with Crippen LogP contribution < -0.4 is 5.73 Å². The summed E-state index contributed by atoms with van der Waals surface area (Å²) in [5.41, 5.74) is 9.81. The van der Waals surface area contributed by atoms with Crippen LogP contribution in [-0.4, -0.2) is 36.7 Å². The molecule has 1 fully saturated rings. The molecule has 3 heterocycles. The molecule has 0 unspecified atom stereocenters. The standard InChI is InChI=1S/C14H15N7.C7H14.C3H6F2/c1-8(2)18-13-9(3)19-11(6-16-13)10-4-5-21-12(10)7-17-14(15)20-21;1-7-5-3-2-4-6-7;1-2-3(4)5/h4-7H,1-3H3,(H2,15,20);7H,2-6H2,1H3;3H,2H2,1H3.